The van der Waals surface area contributed by atoms with Crippen molar-refractivity contribution < 1.29 is 28.2 Å². The second kappa shape index (κ2) is 11.6. The van der Waals surface area contributed by atoms with Gasteiger partial charge in [-0.15, -0.1) is 0 Å². The third-order valence-electron chi connectivity index (χ3n) is 6.85. The number of carbonyl (C=O) groups is 3. The van der Waals surface area contributed by atoms with Crippen LogP contribution in [-0.4, -0.2) is 85.2 Å². The Morgan fingerprint density at radius 3 is 2.69 bits per heavy atom. The molecule has 2 aliphatic rings. The van der Waals surface area contributed by atoms with Crippen LogP contribution in [0.4, 0.5) is 4.39 Å². The van der Waals surface area contributed by atoms with Crippen LogP contribution in [0.15, 0.2) is 48.5 Å². The highest BCUT2D eigenvalue weighted by Gasteiger charge is 2.35. The number of fused-ring (bicyclic) bond motifs is 2. The first kappa shape index (κ1) is 25.7. The normalized spacial score (nSPS) is 21.4. The summed E-state index contributed by atoms with van der Waals surface area (Å²) in [5.74, 6) is -1.66. The lowest BCUT2D eigenvalue weighted by molar-refractivity contribution is -0.150. The van der Waals surface area contributed by atoms with Gasteiger partial charge >= 0.3 is 5.97 Å². The van der Waals surface area contributed by atoms with Crippen molar-refractivity contribution in [2.75, 3.05) is 33.3 Å². The molecule has 0 saturated carbocycles. The molecular weight excluding hydrogens is 464 g/mol. The molecule has 0 spiro atoms. The first-order chi connectivity index (χ1) is 17.4. The van der Waals surface area contributed by atoms with Gasteiger partial charge in [0.1, 0.15) is 30.8 Å². The highest BCUT2D eigenvalue weighted by molar-refractivity contribution is 6.29. The zero-order chi connectivity index (χ0) is 25.7. The molecule has 2 aliphatic heterocycles. The molecule has 2 heterocycles. The zero-order valence-corrected chi connectivity index (χ0v) is 20.7. The van der Waals surface area contributed by atoms with Gasteiger partial charge in [-0.1, -0.05) is 37.2 Å². The molecule has 36 heavy (non-hydrogen) atoms. The maximum absolute atomic E-state index is 14.2. The first-order valence-electron chi connectivity index (χ1n) is 12.3. The number of halogens is 1. The molecule has 4 rings (SSSR count). The zero-order valence-electron chi connectivity index (χ0n) is 20.7. The van der Waals surface area contributed by atoms with E-state index in [1.54, 1.807) is 4.90 Å². The Bertz CT molecular complexity index is 1100. The lowest BCUT2D eigenvalue weighted by Gasteiger charge is -2.41. The van der Waals surface area contributed by atoms with E-state index in [4.69, 9.17) is 9.47 Å². The molecule has 8 nitrogen and oxygen atoms in total. The van der Waals surface area contributed by atoms with Gasteiger partial charge in [-0.25, -0.2) is 9.18 Å². The van der Waals surface area contributed by atoms with Crippen LogP contribution in [0.1, 0.15) is 28.8 Å². The Balaban J connectivity index is 1.62. The van der Waals surface area contributed by atoms with E-state index in [2.05, 4.69) is 11.6 Å². The molecule has 2 amide bonds. The number of likely N-dealkylation sites (N-methyl/N-ethyl adjacent to an activating group) is 1. The Morgan fingerprint density at radius 1 is 1.17 bits per heavy atom. The van der Waals surface area contributed by atoms with Gasteiger partial charge in [-0.3, -0.25) is 9.59 Å². The van der Waals surface area contributed by atoms with Crippen LogP contribution in [0, 0.1) is 5.82 Å². The van der Waals surface area contributed by atoms with Crippen molar-refractivity contribution in [2.24, 2.45) is 0 Å². The molecule has 0 aliphatic carbocycles. The molecule has 2 aromatic rings. The van der Waals surface area contributed by atoms with Crippen molar-refractivity contribution in [1.82, 2.24) is 14.6 Å². The van der Waals surface area contributed by atoms with Crippen molar-refractivity contribution >= 4 is 25.2 Å². The lowest BCUT2D eigenvalue weighted by atomic mass is 9.92. The van der Waals surface area contributed by atoms with Crippen LogP contribution < -0.4 is 4.74 Å². The molecule has 0 N–H and O–H groups in total. The topological polar surface area (TPSA) is 79.4 Å². The number of nitrogens with zero attached hydrogens (tertiary/aromatic N) is 3. The van der Waals surface area contributed by atoms with Crippen molar-refractivity contribution in [3.05, 3.63) is 65.5 Å². The van der Waals surface area contributed by atoms with Gasteiger partial charge in [0, 0.05) is 33.1 Å². The Morgan fingerprint density at radius 2 is 1.94 bits per heavy atom. The maximum atomic E-state index is 14.2. The Kier molecular flexibility index (Phi) is 8.25. The summed E-state index contributed by atoms with van der Waals surface area (Å²) in [4.78, 5) is 45.0. The van der Waals surface area contributed by atoms with E-state index < -0.39 is 23.7 Å². The van der Waals surface area contributed by atoms with Gasteiger partial charge in [0.25, 0.3) is 5.91 Å². The summed E-state index contributed by atoms with van der Waals surface area (Å²) in [5.41, 5.74) is 0.835. The highest BCUT2D eigenvalue weighted by Crippen LogP contribution is 2.25. The number of hydrogen-bond acceptors (Lipinski definition) is 6. The second-order valence-electron chi connectivity index (χ2n) is 9.15. The quantitative estimate of drug-likeness (QED) is 0.478. The summed E-state index contributed by atoms with van der Waals surface area (Å²) in [6.07, 6.45) is 0.169. The first-order valence-corrected chi connectivity index (χ1v) is 12.3. The fourth-order valence-corrected chi connectivity index (χ4v) is 4.69. The molecule has 0 unspecified atom stereocenters. The smallest absolute Gasteiger partial charge is 0.329 e. The summed E-state index contributed by atoms with van der Waals surface area (Å²) in [6, 6.07) is 11.7. The molecule has 190 valence electrons. The third-order valence-corrected chi connectivity index (χ3v) is 6.85. The van der Waals surface area contributed by atoms with Gasteiger partial charge in [0.2, 0.25) is 13.3 Å². The predicted octanol–water partition coefficient (Wildman–Crippen LogP) is 2.09. The molecule has 1 fully saturated rings. The lowest BCUT2D eigenvalue weighted by Crippen LogP contribution is -2.58. The van der Waals surface area contributed by atoms with Crippen LogP contribution in [0.3, 0.4) is 0 Å². The van der Waals surface area contributed by atoms with Crippen LogP contribution in [0.25, 0.3) is 0 Å². The monoisotopic (exact) mass is 495 g/mol. The number of carbonyl (C=O) groups excluding carboxylic acids is 3. The van der Waals surface area contributed by atoms with Crippen molar-refractivity contribution in [3.63, 3.8) is 0 Å². The van der Waals surface area contributed by atoms with E-state index in [9.17, 15) is 18.8 Å². The standard InChI is InChI=1S/C26H31BFN3O5/c1-27-30-12-13-31-20(15-30)17-35-23-10-8-19(28)14-21(23)25(33)29(2)22(9-11-24(31)32)26(34)36-16-18-6-4-3-5-7-18/h3-8,10,14,20,22,27H,9,11-13,15-17H2,1-2H3/t20-,22-/m0/s1. The molecule has 2 aromatic carbocycles. The van der Waals surface area contributed by atoms with E-state index in [0.717, 1.165) is 25.6 Å². The van der Waals surface area contributed by atoms with Crippen LogP contribution >= 0.6 is 0 Å². The van der Waals surface area contributed by atoms with Crippen molar-refractivity contribution in [2.45, 2.75) is 38.4 Å². The molecular formula is C26H31BFN3O5. The fraction of sp³-hybridized carbons (Fsp3) is 0.423. The second-order valence-corrected chi connectivity index (χ2v) is 9.15. The maximum Gasteiger partial charge on any atom is 0.329 e. The summed E-state index contributed by atoms with van der Waals surface area (Å²) in [5, 5.41) is 0. The summed E-state index contributed by atoms with van der Waals surface area (Å²) in [6.45, 7) is 4.22. The predicted molar refractivity (Wildman–Crippen MR) is 133 cm³/mol. The molecule has 0 radical (unpaired) electrons. The van der Waals surface area contributed by atoms with Crippen molar-refractivity contribution in [3.8, 4) is 5.75 Å². The summed E-state index contributed by atoms with van der Waals surface area (Å²) < 4.78 is 25.7. The number of esters is 1. The molecule has 1 saturated heterocycles. The van der Waals surface area contributed by atoms with Gasteiger partial charge in [-0.2, -0.15) is 0 Å². The van der Waals surface area contributed by atoms with Gasteiger partial charge in [0.15, 0.2) is 0 Å². The van der Waals surface area contributed by atoms with Gasteiger partial charge in [-0.05, 0) is 30.2 Å². The molecule has 0 bridgehead atoms. The number of rotatable bonds is 4. The summed E-state index contributed by atoms with van der Waals surface area (Å²) in [7, 11) is 2.31. The minimum atomic E-state index is -1.02. The van der Waals surface area contributed by atoms with Crippen molar-refractivity contribution in [1.29, 1.82) is 0 Å². The Hall–Kier alpha value is -3.40. The van der Waals surface area contributed by atoms with E-state index in [0.29, 0.717) is 13.1 Å². The minimum absolute atomic E-state index is 0.0277. The minimum Gasteiger partial charge on any atom is -0.491 e. The third kappa shape index (κ3) is 5.87. The van der Waals surface area contributed by atoms with E-state index in [1.165, 1.54) is 24.1 Å². The molecule has 10 heteroatoms. The van der Waals surface area contributed by atoms with Crippen LogP contribution in [-0.2, 0) is 20.9 Å². The average Bonchev–Trinajstić information content (AvgIpc) is 2.90. The number of piperazine rings is 1. The number of benzene rings is 2. The van der Waals surface area contributed by atoms with E-state index >= 15 is 0 Å². The van der Waals surface area contributed by atoms with E-state index in [1.807, 2.05) is 30.3 Å². The van der Waals surface area contributed by atoms with Gasteiger partial charge < -0.3 is 24.1 Å². The van der Waals surface area contributed by atoms with E-state index in [-0.39, 0.29) is 49.3 Å². The number of hydrogen-bond donors (Lipinski definition) is 0. The fourth-order valence-electron chi connectivity index (χ4n) is 4.69. The SMILES string of the molecule is CBN1CCN2C(=O)CC[C@@H](C(=O)OCc3ccccc3)N(C)C(=O)c3cc(F)ccc3OC[C@@H]2C1. The summed E-state index contributed by atoms with van der Waals surface area (Å²) >= 11 is 0. The van der Waals surface area contributed by atoms with Crippen LogP contribution in [0.5, 0.6) is 5.75 Å². The largest absolute Gasteiger partial charge is 0.491 e. The van der Waals surface area contributed by atoms with Gasteiger partial charge in [0.05, 0.1) is 11.6 Å². The Labute approximate surface area is 211 Å². The number of ether oxygens (including phenoxy) is 2. The average molecular weight is 495 g/mol. The van der Waals surface area contributed by atoms with Crippen LogP contribution in [0.2, 0.25) is 6.82 Å². The highest BCUT2D eigenvalue weighted by atomic mass is 19.1. The molecule has 2 atom stereocenters. The molecule has 0 aromatic heterocycles. The number of amides is 2.